The average Bonchev–Trinajstić information content (AvgIpc) is 3.22. The van der Waals surface area contributed by atoms with Gasteiger partial charge >= 0.3 is 0 Å². The number of benzene rings is 2. The van der Waals surface area contributed by atoms with Crippen LogP contribution in [0.1, 0.15) is 5.56 Å². The second-order valence-corrected chi connectivity index (χ2v) is 7.08. The lowest BCUT2D eigenvalue weighted by atomic mass is 10.2. The van der Waals surface area contributed by atoms with E-state index in [1.54, 1.807) is 38.5 Å². The van der Waals surface area contributed by atoms with Crippen LogP contribution >= 0.6 is 22.9 Å². The molecule has 0 aliphatic heterocycles. The van der Waals surface area contributed by atoms with Gasteiger partial charge in [-0.2, -0.15) is 9.50 Å². The number of thiazole rings is 1. The molecule has 0 bridgehead atoms. The molecule has 0 aliphatic carbocycles. The standard InChI is InChI=1S/C19H14ClN3O3S/c1-25-14-5-3-4-12(16(14)26-2)10-15-18(24)23-19(27-15)21-17(22-23)11-6-8-13(20)9-7-11/h3-10H,1-2H3. The van der Waals surface area contributed by atoms with E-state index >= 15 is 0 Å². The van der Waals surface area contributed by atoms with Crippen molar-refractivity contribution in [2.45, 2.75) is 0 Å². The van der Waals surface area contributed by atoms with E-state index in [2.05, 4.69) is 10.1 Å². The van der Waals surface area contributed by atoms with E-state index in [0.29, 0.717) is 31.8 Å². The van der Waals surface area contributed by atoms with Gasteiger partial charge in [0.05, 0.1) is 18.8 Å². The van der Waals surface area contributed by atoms with Crippen LogP contribution in [-0.4, -0.2) is 28.8 Å². The molecule has 136 valence electrons. The number of nitrogens with zero attached hydrogens (tertiary/aromatic N) is 3. The Kier molecular flexibility index (Phi) is 4.55. The zero-order valence-corrected chi connectivity index (χ0v) is 16.0. The lowest BCUT2D eigenvalue weighted by Gasteiger charge is -2.09. The molecule has 0 fully saturated rings. The maximum atomic E-state index is 12.7. The average molecular weight is 400 g/mol. The van der Waals surface area contributed by atoms with Gasteiger partial charge in [0.1, 0.15) is 0 Å². The number of para-hydroxylation sites is 1. The summed E-state index contributed by atoms with van der Waals surface area (Å²) in [5.41, 5.74) is 1.32. The fourth-order valence-electron chi connectivity index (χ4n) is 2.72. The summed E-state index contributed by atoms with van der Waals surface area (Å²) in [6, 6.07) is 12.7. The van der Waals surface area contributed by atoms with Crippen molar-refractivity contribution >= 4 is 34.0 Å². The summed E-state index contributed by atoms with van der Waals surface area (Å²) in [5.74, 6) is 1.66. The summed E-state index contributed by atoms with van der Waals surface area (Å²) < 4.78 is 12.5. The van der Waals surface area contributed by atoms with Gasteiger partial charge in [-0.25, -0.2) is 0 Å². The second kappa shape index (κ2) is 7.02. The van der Waals surface area contributed by atoms with E-state index < -0.39 is 0 Å². The van der Waals surface area contributed by atoms with Gasteiger partial charge < -0.3 is 9.47 Å². The topological polar surface area (TPSA) is 65.7 Å². The minimum absolute atomic E-state index is 0.229. The van der Waals surface area contributed by atoms with Gasteiger partial charge in [0.25, 0.3) is 5.56 Å². The summed E-state index contributed by atoms with van der Waals surface area (Å²) in [6.07, 6.45) is 1.76. The Morgan fingerprint density at radius 3 is 2.56 bits per heavy atom. The molecular formula is C19H14ClN3O3S. The molecule has 2 heterocycles. The molecular weight excluding hydrogens is 386 g/mol. The van der Waals surface area contributed by atoms with Crippen molar-refractivity contribution in [1.82, 2.24) is 14.6 Å². The quantitative estimate of drug-likeness (QED) is 0.527. The number of fused-ring (bicyclic) bond motifs is 1. The predicted octanol–water partition coefficient (Wildman–Crippen LogP) is 3.04. The lowest BCUT2D eigenvalue weighted by molar-refractivity contribution is 0.354. The van der Waals surface area contributed by atoms with Crippen LogP contribution in [0.4, 0.5) is 0 Å². The molecule has 0 N–H and O–H groups in total. The number of methoxy groups -OCH3 is 2. The normalized spacial score (nSPS) is 11.9. The predicted molar refractivity (Wildman–Crippen MR) is 106 cm³/mol. The summed E-state index contributed by atoms with van der Waals surface area (Å²) in [4.78, 5) is 17.7. The molecule has 6 nitrogen and oxygen atoms in total. The molecule has 4 rings (SSSR count). The first-order valence-corrected chi connectivity index (χ1v) is 9.18. The van der Waals surface area contributed by atoms with Crippen molar-refractivity contribution in [3.05, 3.63) is 67.9 Å². The van der Waals surface area contributed by atoms with E-state index in [9.17, 15) is 4.79 Å². The number of hydrogen-bond acceptors (Lipinski definition) is 6. The highest BCUT2D eigenvalue weighted by atomic mass is 35.5. The van der Waals surface area contributed by atoms with Gasteiger partial charge in [-0.3, -0.25) is 4.79 Å². The van der Waals surface area contributed by atoms with Gasteiger partial charge in [0.2, 0.25) is 4.96 Å². The largest absolute Gasteiger partial charge is 0.493 e. The maximum Gasteiger partial charge on any atom is 0.291 e. The molecule has 0 aliphatic rings. The monoisotopic (exact) mass is 399 g/mol. The molecule has 0 saturated carbocycles. The van der Waals surface area contributed by atoms with Crippen LogP contribution in [0.5, 0.6) is 11.5 Å². The molecule has 27 heavy (non-hydrogen) atoms. The Labute approximate surface area is 163 Å². The van der Waals surface area contributed by atoms with Crippen LogP contribution in [0.15, 0.2) is 47.3 Å². The third-order valence-electron chi connectivity index (χ3n) is 4.00. The fraction of sp³-hybridized carbons (Fsp3) is 0.105. The van der Waals surface area contributed by atoms with Crippen LogP contribution in [0.2, 0.25) is 5.02 Å². The molecule has 0 saturated heterocycles. The van der Waals surface area contributed by atoms with Gasteiger partial charge in [0, 0.05) is 16.1 Å². The van der Waals surface area contributed by atoms with Crippen molar-refractivity contribution in [1.29, 1.82) is 0 Å². The van der Waals surface area contributed by atoms with Crippen LogP contribution in [0, 0.1) is 0 Å². The number of ether oxygens (including phenoxy) is 2. The summed E-state index contributed by atoms with van der Waals surface area (Å²) in [5, 5.41) is 4.97. The molecule has 0 atom stereocenters. The molecule has 0 amide bonds. The van der Waals surface area contributed by atoms with E-state index in [-0.39, 0.29) is 5.56 Å². The zero-order chi connectivity index (χ0) is 19.0. The summed E-state index contributed by atoms with van der Waals surface area (Å²) >= 11 is 7.18. The van der Waals surface area contributed by atoms with Crippen molar-refractivity contribution in [2.24, 2.45) is 0 Å². The SMILES string of the molecule is COc1cccc(C=c2sc3nc(-c4ccc(Cl)cc4)nn3c2=O)c1OC. The Balaban J connectivity index is 1.82. The number of aromatic nitrogens is 3. The van der Waals surface area contributed by atoms with Crippen molar-refractivity contribution in [2.75, 3.05) is 14.2 Å². The van der Waals surface area contributed by atoms with Crippen LogP contribution in [0.25, 0.3) is 22.4 Å². The van der Waals surface area contributed by atoms with Crippen LogP contribution in [0.3, 0.4) is 0 Å². The lowest BCUT2D eigenvalue weighted by Crippen LogP contribution is -2.23. The van der Waals surface area contributed by atoms with Crippen LogP contribution in [-0.2, 0) is 0 Å². The van der Waals surface area contributed by atoms with Crippen LogP contribution < -0.4 is 19.6 Å². The second-order valence-electron chi connectivity index (χ2n) is 5.64. The highest BCUT2D eigenvalue weighted by molar-refractivity contribution is 7.15. The molecule has 2 aromatic heterocycles. The molecule has 2 aromatic carbocycles. The minimum atomic E-state index is -0.229. The van der Waals surface area contributed by atoms with E-state index in [1.165, 1.54) is 15.9 Å². The molecule has 0 unspecified atom stereocenters. The van der Waals surface area contributed by atoms with E-state index in [1.807, 2.05) is 24.3 Å². The zero-order valence-electron chi connectivity index (χ0n) is 14.5. The highest BCUT2D eigenvalue weighted by Crippen LogP contribution is 2.31. The molecule has 0 radical (unpaired) electrons. The summed E-state index contributed by atoms with van der Waals surface area (Å²) in [6.45, 7) is 0. The van der Waals surface area contributed by atoms with Crippen molar-refractivity contribution < 1.29 is 9.47 Å². The van der Waals surface area contributed by atoms with E-state index in [4.69, 9.17) is 21.1 Å². The van der Waals surface area contributed by atoms with Gasteiger partial charge in [-0.15, -0.1) is 5.10 Å². The fourth-order valence-corrected chi connectivity index (χ4v) is 3.75. The van der Waals surface area contributed by atoms with E-state index in [0.717, 1.165) is 11.1 Å². The van der Waals surface area contributed by atoms with Gasteiger partial charge in [-0.1, -0.05) is 35.1 Å². The van der Waals surface area contributed by atoms with Crippen molar-refractivity contribution in [3.8, 4) is 22.9 Å². The smallest absolute Gasteiger partial charge is 0.291 e. The summed E-state index contributed by atoms with van der Waals surface area (Å²) in [7, 11) is 3.14. The first-order chi connectivity index (χ1) is 13.1. The third kappa shape index (κ3) is 3.15. The Morgan fingerprint density at radius 1 is 1.11 bits per heavy atom. The Hall–Kier alpha value is -2.90. The maximum absolute atomic E-state index is 12.7. The molecule has 8 heteroatoms. The Morgan fingerprint density at radius 2 is 1.89 bits per heavy atom. The number of hydrogen-bond donors (Lipinski definition) is 0. The number of halogens is 1. The number of rotatable bonds is 4. The van der Waals surface area contributed by atoms with Gasteiger partial charge in [0.15, 0.2) is 17.3 Å². The molecule has 0 spiro atoms. The first-order valence-electron chi connectivity index (χ1n) is 7.99. The first kappa shape index (κ1) is 17.5. The third-order valence-corrected chi connectivity index (χ3v) is 5.22. The van der Waals surface area contributed by atoms with Crippen molar-refractivity contribution in [3.63, 3.8) is 0 Å². The minimum Gasteiger partial charge on any atom is -0.493 e. The Bertz CT molecular complexity index is 1230. The van der Waals surface area contributed by atoms with Gasteiger partial charge in [-0.05, 0) is 36.4 Å². The highest BCUT2D eigenvalue weighted by Gasteiger charge is 2.13. The molecule has 4 aromatic rings.